The van der Waals surface area contributed by atoms with Crippen LogP contribution >= 0.6 is 11.3 Å². The molecule has 4 rings (SSSR count). The molecule has 1 N–H and O–H groups in total. The van der Waals surface area contributed by atoms with Crippen LogP contribution in [0.5, 0.6) is 0 Å². The Hall–Kier alpha value is -2.76. The van der Waals surface area contributed by atoms with Gasteiger partial charge in [0.1, 0.15) is 16.6 Å². The Morgan fingerprint density at radius 1 is 1.03 bits per heavy atom. The molecule has 2 aromatic carbocycles. The zero-order valence-corrected chi connectivity index (χ0v) is 17.8. The van der Waals surface area contributed by atoms with E-state index in [-0.39, 0.29) is 28.9 Å². The highest BCUT2D eigenvalue weighted by Gasteiger charge is 2.32. The number of aromatic nitrogens is 2. The number of piperidine rings is 1. The molecule has 0 radical (unpaired) electrons. The fraction of sp³-hybridized carbons (Fsp3) is 0.250. The van der Waals surface area contributed by atoms with Crippen molar-refractivity contribution in [2.45, 2.75) is 23.7 Å². The summed E-state index contributed by atoms with van der Waals surface area (Å²) in [7, 11) is -3.77. The van der Waals surface area contributed by atoms with Gasteiger partial charge < -0.3 is 5.32 Å². The molecule has 0 saturated carbocycles. The maximum Gasteiger partial charge on any atom is 0.286 e. The summed E-state index contributed by atoms with van der Waals surface area (Å²) < 4.78 is 53.5. The predicted octanol–water partition coefficient (Wildman–Crippen LogP) is 3.64. The Bertz CT molecular complexity index is 1210. The van der Waals surface area contributed by atoms with Gasteiger partial charge in [0, 0.05) is 24.7 Å². The average molecular weight is 465 g/mol. The molecule has 3 aromatic rings. The fourth-order valence-electron chi connectivity index (χ4n) is 3.36. The minimum absolute atomic E-state index is 0.0350. The molecule has 1 saturated heterocycles. The zero-order chi connectivity index (χ0) is 22.0. The van der Waals surface area contributed by atoms with Crippen molar-refractivity contribution in [2.75, 3.05) is 18.4 Å². The van der Waals surface area contributed by atoms with E-state index in [2.05, 4.69) is 15.5 Å². The number of rotatable bonds is 5. The minimum atomic E-state index is -3.77. The van der Waals surface area contributed by atoms with Gasteiger partial charge in [-0.3, -0.25) is 4.79 Å². The predicted molar refractivity (Wildman–Crippen MR) is 111 cm³/mol. The lowest BCUT2D eigenvalue weighted by Gasteiger charge is -2.30. The summed E-state index contributed by atoms with van der Waals surface area (Å²) in [6.07, 6.45) is 1.02. The van der Waals surface area contributed by atoms with E-state index in [4.69, 9.17) is 0 Å². The van der Waals surface area contributed by atoms with Crippen molar-refractivity contribution in [1.82, 2.24) is 14.5 Å². The fourth-order valence-corrected chi connectivity index (χ4v) is 5.77. The van der Waals surface area contributed by atoms with Crippen LogP contribution in [0.25, 0.3) is 0 Å². The van der Waals surface area contributed by atoms with Gasteiger partial charge in [0.2, 0.25) is 15.0 Å². The first-order valence-electron chi connectivity index (χ1n) is 9.49. The van der Waals surface area contributed by atoms with Crippen molar-refractivity contribution < 1.29 is 22.0 Å². The second-order valence-electron chi connectivity index (χ2n) is 7.05. The lowest BCUT2D eigenvalue weighted by Crippen LogP contribution is -2.37. The van der Waals surface area contributed by atoms with Gasteiger partial charge in [0.15, 0.2) is 0 Å². The van der Waals surface area contributed by atoms with E-state index in [0.717, 1.165) is 17.4 Å². The van der Waals surface area contributed by atoms with Gasteiger partial charge in [-0.2, -0.15) is 4.31 Å². The molecule has 1 amide bonds. The number of nitrogens with zero attached hydrogens (tertiary/aromatic N) is 3. The van der Waals surface area contributed by atoms with E-state index in [0.29, 0.717) is 23.5 Å². The lowest BCUT2D eigenvalue weighted by atomic mass is 9.99. The van der Waals surface area contributed by atoms with Gasteiger partial charge in [-0.05, 0) is 49.2 Å². The maximum absolute atomic E-state index is 13.4. The third-order valence-electron chi connectivity index (χ3n) is 4.95. The first-order valence-corrected chi connectivity index (χ1v) is 11.7. The normalized spacial score (nSPS) is 15.7. The average Bonchev–Trinajstić information content (AvgIpc) is 3.24. The molecule has 162 valence electrons. The summed E-state index contributed by atoms with van der Waals surface area (Å²) in [5.74, 6) is -1.59. The van der Waals surface area contributed by atoms with Crippen molar-refractivity contribution in [3.8, 4) is 0 Å². The minimum Gasteiger partial charge on any atom is -0.320 e. The molecule has 0 unspecified atom stereocenters. The standard InChI is InChI=1S/C20H18F2N4O3S2/c21-14-3-1-5-16(11-14)23-18(27)20-25-24-19(30-20)13-7-9-26(10-8-13)31(28,29)17-6-2-4-15(22)12-17/h1-6,11-13H,7-10H2,(H,23,27). The Morgan fingerprint density at radius 2 is 1.71 bits per heavy atom. The van der Waals surface area contributed by atoms with E-state index in [1.807, 2.05) is 0 Å². The Labute approximate surface area is 181 Å². The first kappa shape index (κ1) is 21.5. The molecular formula is C20H18F2N4O3S2. The van der Waals surface area contributed by atoms with E-state index < -0.39 is 27.6 Å². The van der Waals surface area contributed by atoms with Gasteiger partial charge in [0.25, 0.3) is 5.91 Å². The van der Waals surface area contributed by atoms with Crippen LogP contribution in [0.2, 0.25) is 0 Å². The summed E-state index contributed by atoms with van der Waals surface area (Å²) in [4.78, 5) is 12.3. The third kappa shape index (κ3) is 4.78. The zero-order valence-electron chi connectivity index (χ0n) is 16.2. The van der Waals surface area contributed by atoms with Crippen LogP contribution in [-0.4, -0.2) is 41.9 Å². The molecule has 1 aromatic heterocycles. The molecule has 1 fully saturated rings. The number of nitrogens with one attached hydrogen (secondary N) is 1. The number of sulfonamides is 1. The summed E-state index contributed by atoms with van der Waals surface area (Å²) in [5.41, 5.74) is 0.317. The van der Waals surface area contributed by atoms with E-state index in [1.165, 1.54) is 40.7 Å². The van der Waals surface area contributed by atoms with E-state index in [1.54, 1.807) is 6.07 Å². The summed E-state index contributed by atoms with van der Waals surface area (Å²) in [5, 5.41) is 11.4. The Balaban J connectivity index is 1.39. The van der Waals surface area contributed by atoms with Crippen molar-refractivity contribution in [3.05, 3.63) is 70.2 Å². The molecule has 2 heterocycles. The molecule has 0 spiro atoms. The quantitative estimate of drug-likeness (QED) is 0.623. The largest absolute Gasteiger partial charge is 0.320 e. The van der Waals surface area contributed by atoms with Crippen molar-refractivity contribution >= 4 is 33.0 Å². The van der Waals surface area contributed by atoms with Crippen LogP contribution < -0.4 is 5.32 Å². The van der Waals surface area contributed by atoms with Gasteiger partial charge >= 0.3 is 0 Å². The smallest absolute Gasteiger partial charge is 0.286 e. The van der Waals surface area contributed by atoms with E-state index in [9.17, 15) is 22.0 Å². The van der Waals surface area contributed by atoms with Gasteiger partial charge in [-0.1, -0.05) is 23.5 Å². The molecule has 7 nitrogen and oxygen atoms in total. The number of carbonyl (C=O) groups excluding carboxylic acids is 1. The molecule has 0 aliphatic carbocycles. The molecule has 11 heteroatoms. The van der Waals surface area contributed by atoms with Crippen LogP contribution in [-0.2, 0) is 10.0 Å². The van der Waals surface area contributed by atoms with Crippen LogP contribution in [0.15, 0.2) is 53.4 Å². The third-order valence-corrected chi connectivity index (χ3v) is 7.93. The van der Waals surface area contributed by atoms with Gasteiger partial charge in [-0.25, -0.2) is 17.2 Å². The molecule has 0 atom stereocenters. The molecular weight excluding hydrogens is 446 g/mol. The number of benzene rings is 2. The van der Waals surface area contributed by atoms with Crippen LogP contribution in [0, 0.1) is 11.6 Å². The maximum atomic E-state index is 13.4. The monoisotopic (exact) mass is 464 g/mol. The Kier molecular flexibility index (Phi) is 6.08. The van der Waals surface area contributed by atoms with E-state index >= 15 is 0 Å². The lowest BCUT2D eigenvalue weighted by molar-refractivity contribution is 0.102. The van der Waals surface area contributed by atoms with Crippen LogP contribution in [0.3, 0.4) is 0 Å². The summed E-state index contributed by atoms with van der Waals surface area (Å²) >= 11 is 1.13. The number of halogens is 2. The van der Waals surface area contributed by atoms with Gasteiger partial charge in [-0.15, -0.1) is 10.2 Å². The summed E-state index contributed by atoms with van der Waals surface area (Å²) in [6, 6.07) is 10.5. The Morgan fingerprint density at radius 3 is 2.39 bits per heavy atom. The molecule has 31 heavy (non-hydrogen) atoms. The first-order chi connectivity index (χ1) is 14.8. The topological polar surface area (TPSA) is 92.3 Å². The second kappa shape index (κ2) is 8.77. The molecule has 1 aliphatic rings. The highest BCUT2D eigenvalue weighted by molar-refractivity contribution is 7.89. The molecule has 1 aliphatic heterocycles. The summed E-state index contributed by atoms with van der Waals surface area (Å²) in [6.45, 7) is 0.516. The highest BCUT2D eigenvalue weighted by Crippen LogP contribution is 2.32. The SMILES string of the molecule is O=C(Nc1cccc(F)c1)c1nnc(C2CCN(S(=O)(=O)c3cccc(F)c3)CC2)s1. The van der Waals surface area contributed by atoms with Crippen LogP contribution in [0.1, 0.15) is 33.6 Å². The number of carbonyl (C=O) groups is 1. The number of amides is 1. The van der Waals surface area contributed by atoms with Crippen LogP contribution in [0.4, 0.5) is 14.5 Å². The van der Waals surface area contributed by atoms with Crippen molar-refractivity contribution in [3.63, 3.8) is 0 Å². The van der Waals surface area contributed by atoms with Crippen molar-refractivity contribution in [1.29, 1.82) is 0 Å². The number of anilines is 1. The van der Waals surface area contributed by atoms with Gasteiger partial charge in [0.05, 0.1) is 4.90 Å². The van der Waals surface area contributed by atoms with Crippen molar-refractivity contribution in [2.24, 2.45) is 0 Å². The molecule has 0 bridgehead atoms. The highest BCUT2D eigenvalue weighted by atomic mass is 32.2. The number of hydrogen-bond donors (Lipinski definition) is 1. The second-order valence-corrected chi connectivity index (χ2v) is 9.99. The number of hydrogen-bond acceptors (Lipinski definition) is 6.